The summed E-state index contributed by atoms with van der Waals surface area (Å²) in [6, 6.07) is 7.35. The average molecular weight is 404 g/mol. The summed E-state index contributed by atoms with van der Waals surface area (Å²) in [6.07, 6.45) is 4.61. The molecule has 0 atom stereocenters. The monoisotopic (exact) mass is 403 g/mol. The predicted octanol–water partition coefficient (Wildman–Crippen LogP) is 2.74. The molecule has 2 aromatic rings. The molecule has 0 aliphatic heterocycles. The van der Waals surface area contributed by atoms with E-state index in [9.17, 15) is 4.79 Å². The van der Waals surface area contributed by atoms with E-state index in [1.54, 1.807) is 16.9 Å². The molecule has 2 N–H and O–H groups in total. The molecule has 7 nitrogen and oxygen atoms in total. The Morgan fingerprint density at radius 2 is 2.04 bits per heavy atom. The number of nitrogens with one attached hydrogen (secondary N) is 2. The Hall–Kier alpha value is -2.45. The van der Waals surface area contributed by atoms with Crippen LogP contribution in [0.5, 0.6) is 0 Å². The van der Waals surface area contributed by atoms with Gasteiger partial charge in [0.25, 0.3) is 0 Å². The molecule has 0 saturated heterocycles. The van der Waals surface area contributed by atoms with Crippen molar-refractivity contribution in [2.45, 2.75) is 26.8 Å². The predicted molar refractivity (Wildman–Crippen MR) is 116 cm³/mol. The highest BCUT2D eigenvalue weighted by molar-refractivity contribution is 7.80. The molecule has 152 valence electrons. The topological polar surface area (TPSA) is 71.4 Å². The lowest BCUT2D eigenvalue weighted by atomic mass is 10.1. The lowest BCUT2D eigenvalue weighted by Gasteiger charge is -2.18. The second-order valence-electron chi connectivity index (χ2n) is 6.34. The van der Waals surface area contributed by atoms with Crippen molar-refractivity contribution < 1.29 is 9.53 Å². The van der Waals surface area contributed by atoms with Crippen molar-refractivity contribution >= 4 is 29.0 Å². The number of anilines is 1. The zero-order valence-electron chi connectivity index (χ0n) is 16.8. The van der Waals surface area contributed by atoms with Crippen LogP contribution in [-0.4, -0.2) is 59.1 Å². The highest BCUT2D eigenvalue weighted by atomic mass is 32.1. The maximum absolute atomic E-state index is 11.9. The van der Waals surface area contributed by atoms with Crippen molar-refractivity contribution in [1.82, 2.24) is 20.0 Å². The number of esters is 1. The fraction of sp³-hybridized carbons (Fsp3) is 0.450. The quantitative estimate of drug-likeness (QED) is 0.359. The van der Waals surface area contributed by atoms with Crippen molar-refractivity contribution in [3.63, 3.8) is 0 Å². The van der Waals surface area contributed by atoms with Crippen molar-refractivity contribution in [3.05, 3.63) is 47.8 Å². The molecule has 0 aliphatic rings. The van der Waals surface area contributed by atoms with Crippen LogP contribution >= 0.6 is 12.2 Å². The Kier molecular flexibility index (Phi) is 8.90. The Morgan fingerprint density at radius 1 is 1.29 bits per heavy atom. The molecule has 2 rings (SSSR count). The smallest absolute Gasteiger partial charge is 0.338 e. The highest BCUT2D eigenvalue weighted by Gasteiger charge is 2.12. The van der Waals surface area contributed by atoms with E-state index in [0.29, 0.717) is 17.2 Å². The molecule has 0 radical (unpaired) electrons. The summed E-state index contributed by atoms with van der Waals surface area (Å²) in [4.78, 5) is 14.3. The molecule has 8 heteroatoms. The first-order valence-corrected chi connectivity index (χ1v) is 9.94. The van der Waals surface area contributed by atoms with E-state index in [-0.39, 0.29) is 5.97 Å². The van der Waals surface area contributed by atoms with Crippen LogP contribution in [0.4, 0.5) is 5.69 Å². The summed E-state index contributed by atoms with van der Waals surface area (Å²) in [5, 5.41) is 11.3. The third-order valence-corrected chi connectivity index (χ3v) is 4.72. The number of rotatable bonds is 10. The number of thiocarbonyl (C=S) groups is 1. The number of benzene rings is 1. The number of carbonyl (C=O) groups is 1. The zero-order chi connectivity index (χ0) is 20.4. The fourth-order valence-corrected chi connectivity index (χ4v) is 3.10. The molecule has 0 aliphatic carbocycles. The summed E-state index contributed by atoms with van der Waals surface area (Å²) in [5.74, 6) is -0.351. The number of carbonyl (C=O) groups excluding carboxylic acids is 1. The van der Waals surface area contributed by atoms with E-state index in [1.807, 2.05) is 24.4 Å². The van der Waals surface area contributed by atoms with Gasteiger partial charge in [0.1, 0.15) is 0 Å². The molecular formula is C20H29N5O2S. The standard InChI is InChI=1S/C20H29N5O2S/c1-4-24(5-2)12-8-11-21-20(28)23-17-13-22-25(15-17)14-16-9-6-7-10-18(16)19(26)27-3/h6-7,9-10,13,15H,4-5,8,11-12,14H2,1-3H3,(H2,21,23,28). The van der Waals surface area contributed by atoms with Crippen LogP contribution in [-0.2, 0) is 11.3 Å². The third-order valence-electron chi connectivity index (χ3n) is 4.48. The number of methoxy groups -OCH3 is 1. The number of ether oxygens (including phenoxy) is 1. The summed E-state index contributed by atoms with van der Waals surface area (Å²) < 4.78 is 6.60. The van der Waals surface area contributed by atoms with E-state index in [4.69, 9.17) is 17.0 Å². The average Bonchev–Trinajstić information content (AvgIpc) is 3.14. The maximum atomic E-state index is 11.9. The molecule has 1 aromatic carbocycles. The summed E-state index contributed by atoms with van der Waals surface area (Å²) >= 11 is 5.35. The Morgan fingerprint density at radius 3 is 2.75 bits per heavy atom. The van der Waals surface area contributed by atoms with Gasteiger partial charge >= 0.3 is 5.97 Å². The van der Waals surface area contributed by atoms with E-state index in [0.717, 1.165) is 43.9 Å². The molecular weight excluding hydrogens is 374 g/mol. The number of aromatic nitrogens is 2. The van der Waals surface area contributed by atoms with Crippen molar-refractivity contribution in [1.29, 1.82) is 0 Å². The van der Waals surface area contributed by atoms with Gasteiger partial charge in [0.15, 0.2) is 5.11 Å². The first-order chi connectivity index (χ1) is 13.6. The van der Waals surface area contributed by atoms with E-state index in [1.165, 1.54) is 7.11 Å². The number of hydrogen-bond donors (Lipinski definition) is 2. The van der Waals surface area contributed by atoms with E-state index < -0.39 is 0 Å². The van der Waals surface area contributed by atoms with Gasteiger partial charge in [0.05, 0.1) is 31.1 Å². The van der Waals surface area contributed by atoms with Gasteiger partial charge in [-0.25, -0.2) is 4.79 Å². The second-order valence-corrected chi connectivity index (χ2v) is 6.74. The lowest BCUT2D eigenvalue weighted by Crippen LogP contribution is -2.32. The number of nitrogens with zero attached hydrogens (tertiary/aromatic N) is 3. The van der Waals surface area contributed by atoms with E-state index >= 15 is 0 Å². The van der Waals surface area contributed by atoms with Gasteiger partial charge in [-0.3, -0.25) is 4.68 Å². The molecule has 0 unspecified atom stereocenters. The maximum Gasteiger partial charge on any atom is 0.338 e. The van der Waals surface area contributed by atoms with Crippen LogP contribution in [0.1, 0.15) is 36.2 Å². The Labute approximate surface area is 172 Å². The fourth-order valence-electron chi connectivity index (χ4n) is 2.88. The summed E-state index contributed by atoms with van der Waals surface area (Å²) in [6.45, 7) is 8.82. The van der Waals surface area contributed by atoms with Crippen molar-refractivity contribution in [2.24, 2.45) is 0 Å². The SMILES string of the molecule is CCN(CC)CCCNC(=S)Nc1cnn(Cc2ccccc2C(=O)OC)c1. The minimum Gasteiger partial charge on any atom is -0.465 e. The summed E-state index contributed by atoms with van der Waals surface area (Å²) in [5.41, 5.74) is 2.19. The van der Waals surface area contributed by atoms with Crippen LogP contribution in [0.15, 0.2) is 36.7 Å². The molecule has 1 aromatic heterocycles. The van der Waals surface area contributed by atoms with E-state index in [2.05, 4.69) is 34.5 Å². The number of hydrogen-bond acceptors (Lipinski definition) is 5. The van der Waals surface area contributed by atoms with Crippen molar-refractivity contribution in [2.75, 3.05) is 38.6 Å². The molecule has 28 heavy (non-hydrogen) atoms. The highest BCUT2D eigenvalue weighted by Crippen LogP contribution is 2.13. The van der Waals surface area contributed by atoms with Crippen LogP contribution in [0.2, 0.25) is 0 Å². The molecule has 0 spiro atoms. The van der Waals surface area contributed by atoms with Gasteiger partial charge < -0.3 is 20.3 Å². The lowest BCUT2D eigenvalue weighted by molar-refractivity contribution is 0.0599. The molecule has 1 heterocycles. The second kappa shape index (κ2) is 11.4. The van der Waals surface area contributed by atoms with Gasteiger partial charge in [0.2, 0.25) is 0 Å². The van der Waals surface area contributed by atoms with Crippen LogP contribution < -0.4 is 10.6 Å². The summed E-state index contributed by atoms with van der Waals surface area (Å²) in [7, 11) is 1.38. The van der Waals surface area contributed by atoms with Crippen LogP contribution in [0.3, 0.4) is 0 Å². The minimum atomic E-state index is -0.351. The van der Waals surface area contributed by atoms with Crippen LogP contribution in [0, 0.1) is 0 Å². The largest absolute Gasteiger partial charge is 0.465 e. The first kappa shape index (κ1) is 21.8. The van der Waals surface area contributed by atoms with Gasteiger partial charge in [-0.2, -0.15) is 5.10 Å². The Balaban J connectivity index is 1.84. The first-order valence-electron chi connectivity index (χ1n) is 9.53. The minimum absolute atomic E-state index is 0.351. The third kappa shape index (κ3) is 6.61. The van der Waals surface area contributed by atoms with Gasteiger partial charge in [-0.05, 0) is 49.9 Å². The molecule has 0 bridgehead atoms. The molecule has 0 saturated carbocycles. The molecule has 0 amide bonds. The van der Waals surface area contributed by atoms with Gasteiger partial charge in [-0.15, -0.1) is 0 Å². The zero-order valence-corrected chi connectivity index (χ0v) is 17.6. The van der Waals surface area contributed by atoms with Gasteiger partial charge in [-0.1, -0.05) is 32.0 Å². The Bertz CT molecular complexity index is 773. The van der Waals surface area contributed by atoms with Gasteiger partial charge in [0, 0.05) is 12.7 Å². The normalized spacial score (nSPS) is 10.7. The van der Waals surface area contributed by atoms with Crippen molar-refractivity contribution in [3.8, 4) is 0 Å². The molecule has 0 fully saturated rings. The van der Waals surface area contributed by atoms with Crippen LogP contribution in [0.25, 0.3) is 0 Å².